The first-order valence-electron chi connectivity index (χ1n) is 7.00. The van der Waals surface area contributed by atoms with E-state index in [4.69, 9.17) is 0 Å². The second-order valence-electron chi connectivity index (χ2n) is 7.75. The molecule has 0 amide bonds. The van der Waals surface area contributed by atoms with Crippen LogP contribution in [0.25, 0.3) is 0 Å². The summed E-state index contributed by atoms with van der Waals surface area (Å²) in [5, 5.41) is 3.42. The van der Waals surface area contributed by atoms with E-state index in [1.165, 1.54) is 5.56 Å². The van der Waals surface area contributed by atoms with Gasteiger partial charge in [-0.15, -0.1) is 0 Å². The van der Waals surface area contributed by atoms with Gasteiger partial charge < -0.3 is 0 Å². The molecule has 0 nitrogen and oxygen atoms in total. The number of rotatable bonds is 2. The lowest BCUT2D eigenvalue weighted by Crippen LogP contribution is -2.51. The monoisotopic (exact) mass is 278 g/mol. The molecule has 0 atom stereocenters. The Morgan fingerprint density at radius 2 is 0.722 bits per heavy atom. The minimum Gasteiger partial charge on any atom is -0.0656 e. The summed E-state index contributed by atoms with van der Waals surface area (Å²) >= 11 is 0. The minimum absolute atomic E-state index is 1.26. The second-order valence-corrected chi connectivity index (χ2v) is 17.8. The van der Waals surface area contributed by atoms with Gasteiger partial charge in [-0.2, -0.15) is 0 Å². The zero-order valence-electron chi connectivity index (χ0n) is 14.0. The Kier molecular flexibility index (Phi) is 4.05. The lowest BCUT2D eigenvalue weighted by molar-refractivity contribution is 1.26. The average Bonchev–Trinajstić information content (AvgIpc) is 2.09. The van der Waals surface area contributed by atoms with Crippen molar-refractivity contribution in [2.24, 2.45) is 0 Å². The van der Waals surface area contributed by atoms with E-state index in [2.05, 4.69) is 67.0 Å². The first-order chi connectivity index (χ1) is 7.89. The zero-order valence-corrected chi connectivity index (χ0v) is 16.0. The van der Waals surface area contributed by atoms with Gasteiger partial charge in [0.25, 0.3) is 0 Å². The maximum absolute atomic E-state index is 2.48. The van der Waals surface area contributed by atoms with Gasteiger partial charge in [-0.1, -0.05) is 55.2 Å². The van der Waals surface area contributed by atoms with Crippen molar-refractivity contribution in [3.05, 3.63) is 22.3 Å². The summed E-state index contributed by atoms with van der Waals surface area (Å²) in [5.41, 5.74) is 6.28. The van der Waals surface area contributed by atoms with Gasteiger partial charge in [0.1, 0.15) is 0 Å². The Labute approximate surface area is 116 Å². The first kappa shape index (κ1) is 15.7. The van der Waals surface area contributed by atoms with Crippen LogP contribution in [0.3, 0.4) is 0 Å². The van der Waals surface area contributed by atoms with E-state index < -0.39 is 16.1 Å². The van der Waals surface area contributed by atoms with Crippen molar-refractivity contribution >= 4 is 26.5 Å². The predicted molar refractivity (Wildman–Crippen MR) is 91.4 cm³/mol. The highest BCUT2D eigenvalue weighted by atomic mass is 28.3. The molecule has 0 saturated heterocycles. The van der Waals surface area contributed by atoms with Crippen LogP contribution in [-0.4, -0.2) is 16.1 Å². The number of hydrogen-bond acceptors (Lipinski definition) is 0. The van der Waals surface area contributed by atoms with Crippen LogP contribution in [0.2, 0.25) is 39.3 Å². The fourth-order valence-electron chi connectivity index (χ4n) is 3.59. The maximum atomic E-state index is 2.48. The van der Waals surface area contributed by atoms with Crippen molar-refractivity contribution in [2.75, 3.05) is 0 Å². The van der Waals surface area contributed by atoms with Crippen molar-refractivity contribution in [1.29, 1.82) is 0 Å². The molecule has 2 heteroatoms. The molecule has 1 aromatic carbocycles. The molecule has 0 aliphatic heterocycles. The molecule has 0 N–H and O–H groups in total. The molecule has 102 valence electrons. The Bertz CT molecular complexity index is 430. The first-order valence-corrected chi connectivity index (χ1v) is 14.0. The van der Waals surface area contributed by atoms with Crippen LogP contribution in [0.15, 0.2) is 0 Å². The summed E-state index contributed by atoms with van der Waals surface area (Å²) in [6.07, 6.45) is 0. The molecule has 0 aromatic heterocycles. The largest absolute Gasteiger partial charge is 0.0782 e. The topological polar surface area (TPSA) is 0 Å². The standard InChI is InChI=1S/C16H30Si2/c1-11-12(2)15(17(5,6)7)14(4)16(13(11)3)18(8,9)10/h1-10H3. The van der Waals surface area contributed by atoms with E-state index in [1.807, 2.05) is 0 Å². The van der Waals surface area contributed by atoms with E-state index >= 15 is 0 Å². The molecule has 0 bridgehead atoms. The van der Waals surface area contributed by atoms with Crippen molar-refractivity contribution < 1.29 is 0 Å². The third kappa shape index (κ3) is 2.64. The molecule has 1 aromatic rings. The predicted octanol–water partition coefficient (Wildman–Crippen LogP) is 4.01. The summed E-state index contributed by atoms with van der Waals surface area (Å²) < 4.78 is 0. The van der Waals surface area contributed by atoms with Gasteiger partial charge in [0.15, 0.2) is 0 Å². The fourth-order valence-corrected chi connectivity index (χ4v) is 8.84. The summed E-state index contributed by atoms with van der Waals surface area (Å²) in [5.74, 6) is 0. The fraction of sp³-hybridized carbons (Fsp3) is 0.625. The Morgan fingerprint density at radius 1 is 0.444 bits per heavy atom. The van der Waals surface area contributed by atoms with E-state index in [-0.39, 0.29) is 0 Å². The highest BCUT2D eigenvalue weighted by Crippen LogP contribution is 2.20. The van der Waals surface area contributed by atoms with Gasteiger partial charge >= 0.3 is 0 Å². The number of hydrogen-bond donors (Lipinski definition) is 0. The van der Waals surface area contributed by atoms with Gasteiger partial charge in [-0.3, -0.25) is 0 Å². The number of benzene rings is 1. The molecule has 0 fully saturated rings. The molecule has 1 rings (SSSR count). The minimum atomic E-state index is -1.26. The molecule has 0 spiro atoms. The quantitative estimate of drug-likeness (QED) is 0.717. The third-order valence-corrected chi connectivity index (χ3v) is 8.62. The molecule has 0 aliphatic rings. The third-order valence-electron chi connectivity index (χ3n) is 4.12. The van der Waals surface area contributed by atoms with Crippen molar-refractivity contribution in [3.63, 3.8) is 0 Å². The Morgan fingerprint density at radius 3 is 0.944 bits per heavy atom. The van der Waals surface area contributed by atoms with Gasteiger partial charge in [-0.25, -0.2) is 0 Å². The Hall–Kier alpha value is -0.346. The molecular weight excluding hydrogens is 248 g/mol. The lowest BCUT2D eigenvalue weighted by atomic mass is 10.0. The second kappa shape index (κ2) is 4.64. The highest BCUT2D eigenvalue weighted by molar-refractivity contribution is 6.92. The van der Waals surface area contributed by atoms with Crippen LogP contribution in [0, 0.1) is 27.7 Å². The molecule has 0 radical (unpaired) electrons. The van der Waals surface area contributed by atoms with Gasteiger partial charge in [0.05, 0.1) is 16.1 Å². The van der Waals surface area contributed by atoms with Crippen LogP contribution in [0.4, 0.5) is 0 Å². The molecule has 0 saturated carbocycles. The zero-order chi connectivity index (χ0) is 14.5. The van der Waals surface area contributed by atoms with Crippen LogP contribution >= 0.6 is 0 Å². The molecule has 0 unspecified atom stereocenters. The average molecular weight is 279 g/mol. The van der Waals surface area contributed by atoms with E-state index in [0.717, 1.165) is 0 Å². The molecule has 0 heterocycles. The van der Waals surface area contributed by atoms with Crippen molar-refractivity contribution in [1.82, 2.24) is 0 Å². The lowest BCUT2D eigenvalue weighted by Gasteiger charge is -2.32. The van der Waals surface area contributed by atoms with Gasteiger partial charge in [0.2, 0.25) is 0 Å². The van der Waals surface area contributed by atoms with Crippen LogP contribution in [0.1, 0.15) is 22.3 Å². The summed E-state index contributed by atoms with van der Waals surface area (Å²) in [6, 6.07) is 0. The van der Waals surface area contributed by atoms with Crippen LogP contribution < -0.4 is 10.4 Å². The van der Waals surface area contributed by atoms with E-state index in [9.17, 15) is 0 Å². The molecular formula is C16H30Si2. The van der Waals surface area contributed by atoms with Crippen LogP contribution in [-0.2, 0) is 0 Å². The van der Waals surface area contributed by atoms with Gasteiger partial charge in [-0.05, 0) is 44.4 Å². The van der Waals surface area contributed by atoms with Crippen molar-refractivity contribution in [2.45, 2.75) is 67.0 Å². The van der Waals surface area contributed by atoms with E-state index in [1.54, 1.807) is 27.1 Å². The normalized spacial score (nSPS) is 13.0. The highest BCUT2D eigenvalue weighted by Gasteiger charge is 2.29. The van der Waals surface area contributed by atoms with E-state index in [0.29, 0.717) is 0 Å². The summed E-state index contributed by atoms with van der Waals surface area (Å²) in [4.78, 5) is 0. The smallest absolute Gasteiger partial charge is 0.0656 e. The van der Waals surface area contributed by atoms with Crippen LogP contribution in [0.5, 0.6) is 0 Å². The summed E-state index contributed by atoms with van der Waals surface area (Å²) in [7, 11) is -2.53. The maximum Gasteiger partial charge on any atom is 0.0782 e. The molecule has 0 aliphatic carbocycles. The van der Waals surface area contributed by atoms with Gasteiger partial charge in [0, 0.05) is 0 Å². The summed E-state index contributed by atoms with van der Waals surface area (Å²) in [6.45, 7) is 24.2. The Balaban J connectivity index is 3.83. The SMILES string of the molecule is Cc1c(C)c([Si](C)(C)C)c(C)c([Si](C)(C)C)c1C. The van der Waals surface area contributed by atoms with Crippen molar-refractivity contribution in [3.8, 4) is 0 Å². The molecule has 18 heavy (non-hydrogen) atoms.